The molecule has 1 saturated heterocycles. The summed E-state index contributed by atoms with van der Waals surface area (Å²) >= 11 is 6.03. The summed E-state index contributed by atoms with van der Waals surface area (Å²) in [5.41, 5.74) is 0.151. The highest BCUT2D eigenvalue weighted by Crippen LogP contribution is 2.59. The first kappa shape index (κ1) is 27.3. The lowest BCUT2D eigenvalue weighted by Crippen LogP contribution is -2.52. The molecule has 1 saturated carbocycles. The Kier molecular flexibility index (Phi) is 7.51. The van der Waals surface area contributed by atoms with Gasteiger partial charge in [0.1, 0.15) is 18.3 Å². The van der Waals surface area contributed by atoms with E-state index in [4.69, 9.17) is 21.4 Å². The third kappa shape index (κ3) is 4.79. The summed E-state index contributed by atoms with van der Waals surface area (Å²) in [5, 5.41) is 36.6. The maximum Gasteiger partial charge on any atom is 0.431 e. The van der Waals surface area contributed by atoms with Gasteiger partial charge < -0.3 is 39.9 Å². The normalized spacial score (nSPS) is 27.6. The van der Waals surface area contributed by atoms with Gasteiger partial charge in [-0.15, -0.1) is 5.10 Å². The van der Waals surface area contributed by atoms with E-state index in [1.165, 1.54) is 0 Å². The first-order valence-corrected chi connectivity index (χ1v) is 12.7. The van der Waals surface area contributed by atoms with Crippen LogP contribution in [0.15, 0.2) is 0 Å². The molecule has 0 bridgehead atoms. The van der Waals surface area contributed by atoms with Gasteiger partial charge in [-0.2, -0.15) is 27.8 Å². The monoisotopic (exact) mass is 562 g/mol. The van der Waals surface area contributed by atoms with Crippen molar-refractivity contribution in [3.05, 3.63) is 5.28 Å². The van der Waals surface area contributed by atoms with Crippen molar-refractivity contribution in [1.29, 1.82) is 0 Å². The van der Waals surface area contributed by atoms with Gasteiger partial charge in [-0.05, 0) is 24.4 Å². The number of ether oxygens (including phenoxy) is 2. The molecule has 1 unspecified atom stereocenters. The molecule has 202 valence electrons. The van der Waals surface area contributed by atoms with Crippen LogP contribution in [0.3, 0.4) is 0 Å². The van der Waals surface area contributed by atoms with E-state index in [0.717, 1.165) is 30.4 Å². The highest BCUT2D eigenvalue weighted by Gasteiger charge is 2.68. The van der Waals surface area contributed by atoms with Crippen LogP contribution in [0.5, 0.6) is 0 Å². The van der Waals surface area contributed by atoms with Crippen LogP contribution in [0.4, 0.5) is 19.0 Å². The maximum absolute atomic E-state index is 13.4. The van der Waals surface area contributed by atoms with E-state index in [9.17, 15) is 37.7 Å². The van der Waals surface area contributed by atoms with Crippen LogP contribution in [0, 0.1) is 0 Å². The molecule has 6 N–H and O–H groups in total. The smallest absolute Gasteiger partial charge is 0.392 e. The average Bonchev–Trinajstić information content (AvgIpc) is 3.49. The van der Waals surface area contributed by atoms with Gasteiger partial charge in [0, 0.05) is 6.04 Å². The molecule has 0 amide bonds. The number of aromatic nitrogens is 5. The fraction of sp³-hybridized carbons (Fsp3) is 0.765. The molecule has 1 aliphatic carbocycles. The molecule has 36 heavy (non-hydrogen) atoms. The molecule has 1 aliphatic heterocycles. The minimum atomic E-state index is -6.10. The second-order valence-corrected chi connectivity index (χ2v) is 10.7. The number of alkyl halides is 3. The van der Waals surface area contributed by atoms with Gasteiger partial charge in [-0.25, -0.2) is 0 Å². The third-order valence-corrected chi connectivity index (χ3v) is 7.82. The van der Waals surface area contributed by atoms with Crippen LogP contribution < -0.4 is 5.32 Å². The molecule has 2 aliphatic rings. The Balaban J connectivity index is 1.58. The van der Waals surface area contributed by atoms with E-state index >= 15 is 0 Å². The first-order valence-electron chi connectivity index (χ1n) is 10.7. The molecular formula is C17H23ClF3N6O8P. The first-order chi connectivity index (χ1) is 16.8. The zero-order chi connectivity index (χ0) is 26.5. The van der Waals surface area contributed by atoms with E-state index < -0.39 is 56.9 Å². The summed E-state index contributed by atoms with van der Waals surface area (Å²) < 4.78 is 62.7. The summed E-state index contributed by atoms with van der Waals surface area (Å²) in [7, 11) is -6.10. The van der Waals surface area contributed by atoms with Gasteiger partial charge in [-0.1, -0.05) is 18.1 Å². The molecule has 0 radical (unpaired) electrons. The van der Waals surface area contributed by atoms with Gasteiger partial charge >= 0.3 is 13.8 Å². The molecule has 3 heterocycles. The maximum atomic E-state index is 13.4. The molecular weight excluding hydrogens is 540 g/mol. The van der Waals surface area contributed by atoms with E-state index in [-0.39, 0.29) is 28.3 Å². The van der Waals surface area contributed by atoms with Crippen LogP contribution in [0.2, 0.25) is 5.28 Å². The Morgan fingerprint density at radius 1 is 1.19 bits per heavy atom. The van der Waals surface area contributed by atoms with Gasteiger partial charge in [0.05, 0.1) is 13.2 Å². The summed E-state index contributed by atoms with van der Waals surface area (Å²) in [4.78, 5) is 26.6. The number of rotatable bonds is 8. The zero-order valence-electron chi connectivity index (χ0n) is 18.3. The topological polar surface area (TPSA) is 205 Å². The highest BCUT2D eigenvalue weighted by atomic mass is 35.5. The van der Waals surface area contributed by atoms with Crippen LogP contribution in [-0.2, 0) is 14.0 Å². The number of nitrogens with zero attached hydrogens (tertiary/aromatic N) is 5. The molecule has 0 spiro atoms. The van der Waals surface area contributed by atoms with Crippen LogP contribution >= 0.6 is 19.2 Å². The molecule has 4 rings (SSSR count). The standard InChI is InChI=1S/C17H23ClF3N6O8P/c18-15-23-12(22-7-3-1-2-4-7)9-13(24-15)27(26-25-9)14-11(30)10(29)8(35-14)5-34-16(6-28,17(19,20)21)36(31,32)33/h7-8,10-11,14,28-30H,1-6H2,(H,22,23,24)(H2,31,32,33)/t8-,10-,11-,14-,16?/m1/s1. The van der Waals surface area contributed by atoms with Gasteiger partial charge in [0.25, 0.3) is 5.34 Å². The van der Waals surface area contributed by atoms with E-state index in [1.807, 2.05) is 0 Å². The average molecular weight is 563 g/mol. The summed E-state index contributed by atoms with van der Waals surface area (Å²) in [6, 6.07) is 0.121. The number of hydrogen-bond acceptors (Lipinski definition) is 11. The number of hydrogen-bond donors (Lipinski definition) is 6. The summed E-state index contributed by atoms with van der Waals surface area (Å²) in [5.74, 6) is 0.274. The fourth-order valence-electron chi connectivity index (χ4n) is 4.19. The molecule has 5 atom stereocenters. The lowest BCUT2D eigenvalue weighted by atomic mass is 10.1. The number of anilines is 1. The van der Waals surface area contributed by atoms with Crippen LogP contribution in [0.1, 0.15) is 31.9 Å². The second-order valence-electron chi connectivity index (χ2n) is 8.51. The molecule has 2 aromatic rings. The minimum absolute atomic E-state index is 0.0106. The Labute approximate surface area is 205 Å². The van der Waals surface area contributed by atoms with Crippen molar-refractivity contribution in [2.24, 2.45) is 0 Å². The van der Waals surface area contributed by atoms with Crippen molar-refractivity contribution in [2.45, 2.75) is 67.8 Å². The van der Waals surface area contributed by atoms with Crippen molar-refractivity contribution in [2.75, 3.05) is 18.5 Å². The Morgan fingerprint density at radius 2 is 1.86 bits per heavy atom. The summed E-state index contributed by atoms with van der Waals surface area (Å²) in [6.07, 6.45) is -8.72. The predicted molar refractivity (Wildman–Crippen MR) is 114 cm³/mol. The molecule has 19 heteroatoms. The largest absolute Gasteiger partial charge is 0.431 e. The molecule has 2 fully saturated rings. The van der Waals surface area contributed by atoms with Crippen LogP contribution in [-0.4, -0.2) is 99.2 Å². The fourth-order valence-corrected chi connectivity index (χ4v) is 5.11. The van der Waals surface area contributed by atoms with Gasteiger partial charge in [0.2, 0.25) is 5.28 Å². The van der Waals surface area contributed by atoms with Crippen molar-refractivity contribution in [1.82, 2.24) is 25.0 Å². The van der Waals surface area contributed by atoms with Crippen LogP contribution in [0.25, 0.3) is 11.2 Å². The van der Waals surface area contributed by atoms with E-state index in [1.54, 1.807) is 0 Å². The van der Waals surface area contributed by atoms with Gasteiger partial charge in [-0.3, -0.25) is 4.57 Å². The molecule has 0 aromatic carbocycles. The minimum Gasteiger partial charge on any atom is -0.392 e. The number of aliphatic hydroxyl groups excluding tert-OH is 3. The quantitative estimate of drug-likeness (QED) is 0.189. The zero-order valence-corrected chi connectivity index (χ0v) is 19.9. The number of aliphatic hydroxyl groups is 3. The molecule has 2 aromatic heterocycles. The second kappa shape index (κ2) is 9.89. The predicted octanol–water partition coefficient (Wildman–Crippen LogP) is 0.294. The lowest BCUT2D eigenvalue weighted by molar-refractivity contribution is -0.265. The molecule has 14 nitrogen and oxygen atoms in total. The third-order valence-electron chi connectivity index (χ3n) is 6.18. The van der Waals surface area contributed by atoms with Crippen molar-refractivity contribution in [3.63, 3.8) is 0 Å². The number of nitrogens with one attached hydrogen (secondary N) is 1. The Bertz CT molecular complexity index is 1150. The number of fused-ring (bicyclic) bond motifs is 1. The van der Waals surface area contributed by atoms with E-state index in [0.29, 0.717) is 0 Å². The van der Waals surface area contributed by atoms with Crippen molar-refractivity contribution >= 4 is 36.2 Å². The SMILES string of the molecule is O=P(O)(O)C(CO)(OC[C@H]1O[C@@H](n2nnc3c(NC4CCCC4)nc(Cl)nc32)[C@H](O)[C@@H]1O)C(F)(F)F. The van der Waals surface area contributed by atoms with Crippen molar-refractivity contribution < 1.29 is 52.3 Å². The summed E-state index contributed by atoms with van der Waals surface area (Å²) in [6.45, 7) is -3.35. The Hall–Kier alpha value is -1.69. The van der Waals surface area contributed by atoms with Crippen molar-refractivity contribution in [3.8, 4) is 0 Å². The van der Waals surface area contributed by atoms with Gasteiger partial charge in [0.15, 0.2) is 23.2 Å². The Morgan fingerprint density at radius 3 is 2.44 bits per heavy atom. The highest BCUT2D eigenvalue weighted by molar-refractivity contribution is 7.53. The van der Waals surface area contributed by atoms with E-state index in [2.05, 4.69) is 30.3 Å². The lowest BCUT2D eigenvalue weighted by Gasteiger charge is -2.34. The number of halogens is 4.